The Morgan fingerprint density at radius 3 is 2.37 bits per heavy atom. The molecule has 0 unspecified atom stereocenters. The summed E-state index contributed by atoms with van der Waals surface area (Å²) >= 11 is 0. The summed E-state index contributed by atoms with van der Waals surface area (Å²) in [5.74, 6) is -1.58. The molecule has 0 spiro atoms. The summed E-state index contributed by atoms with van der Waals surface area (Å²) in [4.78, 5) is 19.1. The minimum atomic E-state index is -4.69. The summed E-state index contributed by atoms with van der Waals surface area (Å²) in [5.41, 5.74) is -2.70. The minimum Gasteiger partial charge on any atom is -0.345 e. The molecule has 0 aliphatic carbocycles. The van der Waals surface area contributed by atoms with Gasteiger partial charge in [0.25, 0.3) is 10.0 Å². The van der Waals surface area contributed by atoms with Gasteiger partial charge in [0.2, 0.25) is 5.78 Å². The number of hydrogen-bond acceptors (Lipinski definition) is 4. The van der Waals surface area contributed by atoms with Crippen molar-refractivity contribution in [1.29, 1.82) is 0 Å². The summed E-state index contributed by atoms with van der Waals surface area (Å²) < 4.78 is 95.0. The molecule has 0 radical (unpaired) electrons. The third kappa shape index (κ3) is 4.33. The molecule has 2 aromatic heterocycles. The second-order valence-corrected chi connectivity index (χ2v) is 8.85. The maximum Gasteiger partial charge on any atom is 0.416 e. The predicted octanol–water partition coefficient (Wildman–Crippen LogP) is 4.87. The number of aromatic nitrogens is 2. The Labute approximate surface area is 194 Å². The quantitative estimate of drug-likeness (QED) is 0.230. The SMILES string of the molecule is C#Cc1ccnc2[nH]cc(C(=O)c3c(F)ccc(NS(=O)(=O)c4ccc(C(F)(F)F)cc4)c3F)c12. The van der Waals surface area contributed by atoms with E-state index in [1.807, 2.05) is 4.72 Å². The lowest BCUT2D eigenvalue weighted by atomic mass is 9.99. The van der Waals surface area contributed by atoms with Gasteiger partial charge in [-0.15, -0.1) is 6.42 Å². The molecule has 0 aliphatic rings. The predicted molar refractivity (Wildman–Crippen MR) is 116 cm³/mol. The van der Waals surface area contributed by atoms with Crippen molar-refractivity contribution in [3.63, 3.8) is 0 Å². The Kier molecular flexibility index (Phi) is 5.82. The normalized spacial score (nSPS) is 11.9. The molecular weight excluding hydrogens is 493 g/mol. The number of alkyl halides is 3. The van der Waals surface area contributed by atoms with E-state index in [9.17, 15) is 30.8 Å². The lowest BCUT2D eigenvalue weighted by molar-refractivity contribution is -0.137. The second kappa shape index (κ2) is 8.52. The number of aromatic amines is 1. The highest BCUT2D eigenvalue weighted by Gasteiger charge is 2.31. The third-order valence-corrected chi connectivity index (χ3v) is 6.41. The number of carbonyl (C=O) groups excluding carboxylic acids is 1. The molecule has 2 aromatic carbocycles. The molecule has 2 heterocycles. The third-order valence-electron chi connectivity index (χ3n) is 5.03. The van der Waals surface area contributed by atoms with E-state index in [4.69, 9.17) is 6.42 Å². The van der Waals surface area contributed by atoms with Crippen molar-refractivity contribution in [2.24, 2.45) is 0 Å². The van der Waals surface area contributed by atoms with Crippen LogP contribution in [-0.2, 0) is 16.2 Å². The molecule has 0 aliphatic heterocycles. The first-order valence-electron chi connectivity index (χ1n) is 9.59. The van der Waals surface area contributed by atoms with Gasteiger partial charge in [-0.25, -0.2) is 22.2 Å². The average Bonchev–Trinajstić information content (AvgIpc) is 3.25. The van der Waals surface area contributed by atoms with E-state index in [-0.39, 0.29) is 22.2 Å². The highest BCUT2D eigenvalue weighted by Crippen LogP contribution is 2.31. The molecular formula is C23H12F5N3O3S. The van der Waals surface area contributed by atoms with Gasteiger partial charge in [-0.1, -0.05) is 5.92 Å². The van der Waals surface area contributed by atoms with Gasteiger partial charge in [0.15, 0.2) is 5.82 Å². The summed E-state index contributed by atoms with van der Waals surface area (Å²) in [6, 6.07) is 5.28. The topological polar surface area (TPSA) is 91.9 Å². The highest BCUT2D eigenvalue weighted by atomic mass is 32.2. The van der Waals surface area contributed by atoms with Crippen LogP contribution in [0.3, 0.4) is 0 Å². The van der Waals surface area contributed by atoms with Crippen LogP contribution in [0, 0.1) is 24.0 Å². The highest BCUT2D eigenvalue weighted by molar-refractivity contribution is 7.92. The summed E-state index contributed by atoms with van der Waals surface area (Å²) in [7, 11) is -4.59. The standard InChI is InChI=1S/C23H12F5N3O3S/c1-2-12-9-10-29-22-18(12)15(11-30-22)21(32)19-16(24)7-8-17(20(19)25)31-35(33,34)14-5-3-13(4-6-14)23(26,27)28/h1,3-11,31H,(H,29,30). The van der Waals surface area contributed by atoms with Crippen LogP contribution >= 0.6 is 0 Å². The molecule has 178 valence electrons. The molecule has 2 N–H and O–H groups in total. The molecule has 6 nitrogen and oxygen atoms in total. The number of fused-ring (bicyclic) bond motifs is 1. The number of rotatable bonds is 5. The van der Waals surface area contributed by atoms with Crippen molar-refractivity contribution >= 4 is 32.5 Å². The van der Waals surface area contributed by atoms with Crippen molar-refractivity contribution in [3.8, 4) is 12.3 Å². The smallest absolute Gasteiger partial charge is 0.345 e. The van der Waals surface area contributed by atoms with Gasteiger partial charge < -0.3 is 4.98 Å². The van der Waals surface area contributed by atoms with Crippen LogP contribution in [0.15, 0.2) is 59.8 Å². The fraction of sp³-hybridized carbons (Fsp3) is 0.0435. The first-order chi connectivity index (χ1) is 16.4. The molecule has 0 saturated heterocycles. The van der Waals surface area contributed by atoms with Crippen molar-refractivity contribution in [2.75, 3.05) is 4.72 Å². The number of halogens is 5. The number of H-pyrrole nitrogens is 1. The summed E-state index contributed by atoms with van der Waals surface area (Å²) in [6.07, 6.45) is 3.29. The molecule has 4 aromatic rings. The van der Waals surface area contributed by atoms with Crippen molar-refractivity contribution in [2.45, 2.75) is 11.1 Å². The number of benzene rings is 2. The van der Waals surface area contributed by atoms with E-state index in [0.717, 1.165) is 6.07 Å². The molecule has 0 saturated carbocycles. The van der Waals surface area contributed by atoms with Crippen LogP contribution in [0.1, 0.15) is 27.0 Å². The Bertz CT molecular complexity index is 1620. The maximum absolute atomic E-state index is 15.2. The first kappa shape index (κ1) is 23.9. The van der Waals surface area contributed by atoms with Gasteiger partial charge >= 0.3 is 6.18 Å². The molecule has 4 rings (SSSR count). The molecule has 0 atom stereocenters. The van der Waals surface area contributed by atoms with Gasteiger partial charge in [0.1, 0.15) is 11.5 Å². The zero-order valence-electron chi connectivity index (χ0n) is 17.2. The zero-order valence-corrected chi connectivity index (χ0v) is 18.1. The first-order valence-corrected chi connectivity index (χ1v) is 11.1. The number of carbonyl (C=O) groups is 1. The average molecular weight is 505 g/mol. The number of nitrogens with zero attached hydrogens (tertiary/aromatic N) is 1. The van der Waals surface area contributed by atoms with Crippen molar-refractivity contribution < 1.29 is 35.2 Å². The Hall–Kier alpha value is -4.24. The Morgan fingerprint density at radius 2 is 1.74 bits per heavy atom. The van der Waals surface area contributed by atoms with Crippen LogP contribution in [0.25, 0.3) is 11.0 Å². The molecule has 12 heteroatoms. The Balaban J connectivity index is 1.74. The number of nitrogens with one attached hydrogen (secondary N) is 2. The van der Waals surface area contributed by atoms with Gasteiger partial charge in [-0.3, -0.25) is 9.52 Å². The largest absolute Gasteiger partial charge is 0.416 e. The lowest BCUT2D eigenvalue weighted by Crippen LogP contribution is -2.17. The number of ketones is 1. The van der Waals surface area contributed by atoms with E-state index in [0.29, 0.717) is 30.3 Å². The van der Waals surface area contributed by atoms with E-state index >= 15 is 4.39 Å². The van der Waals surface area contributed by atoms with E-state index < -0.39 is 55.3 Å². The number of pyridine rings is 1. The fourth-order valence-corrected chi connectivity index (χ4v) is 4.42. The van der Waals surface area contributed by atoms with Crippen LogP contribution in [0.2, 0.25) is 0 Å². The Morgan fingerprint density at radius 1 is 1.06 bits per heavy atom. The molecule has 0 bridgehead atoms. The minimum absolute atomic E-state index is 0.148. The number of sulfonamides is 1. The van der Waals surface area contributed by atoms with E-state index in [1.165, 1.54) is 18.5 Å². The number of terminal acetylenes is 1. The summed E-state index contributed by atoms with van der Waals surface area (Å²) in [6.45, 7) is 0. The molecule has 0 amide bonds. The maximum atomic E-state index is 15.2. The number of hydrogen-bond donors (Lipinski definition) is 2. The van der Waals surface area contributed by atoms with E-state index in [1.54, 1.807) is 0 Å². The monoisotopic (exact) mass is 505 g/mol. The second-order valence-electron chi connectivity index (χ2n) is 7.17. The zero-order chi connectivity index (χ0) is 25.5. The van der Waals surface area contributed by atoms with E-state index in [2.05, 4.69) is 15.9 Å². The van der Waals surface area contributed by atoms with Gasteiger partial charge in [-0.05, 0) is 42.5 Å². The van der Waals surface area contributed by atoms with Crippen LogP contribution < -0.4 is 4.72 Å². The number of anilines is 1. The summed E-state index contributed by atoms with van der Waals surface area (Å²) in [5, 5.41) is 0.148. The fourth-order valence-electron chi connectivity index (χ4n) is 3.36. The van der Waals surface area contributed by atoms with Crippen molar-refractivity contribution in [1.82, 2.24) is 9.97 Å². The molecule has 35 heavy (non-hydrogen) atoms. The van der Waals surface area contributed by atoms with Crippen LogP contribution in [-0.4, -0.2) is 24.2 Å². The van der Waals surface area contributed by atoms with Crippen LogP contribution in [0.5, 0.6) is 0 Å². The van der Waals surface area contributed by atoms with Crippen LogP contribution in [0.4, 0.5) is 27.6 Å². The lowest BCUT2D eigenvalue weighted by Gasteiger charge is -2.13. The van der Waals surface area contributed by atoms with Gasteiger partial charge in [0, 0.05) is 23.3 Å². The molecule has 0 fully saturated rings. The van der Waals surface area contributed by atoms with Gasteiger partial charge in [0.05, 0.1) is 27.3 Å². The van der Waals surface area contributed by atoms with Crippen molar-refractivity contribution in [3.05, 3.63) is 88.7 Å². The van der Waals surface area contributed by atoms with Gasteiger partial charge in [-0.2, -0.15) is 13.2 Å².